The largest absolute Gasteiger partial charge is 0.389 e. The van der Waals surface area contributed by atoms with Crippen LogP contribution in [0.25, 0.3) is 0 Å². The van der Waals surface area contributed by atoms with Crippen molar-refractivity contribution in [3.63, 3.8) is 0 Å². The maximum absolute atomic E-state index is 10.9. The summed E-state index contributed by atoms with van der Waals surface area (Å²) in [7, 11) is 0. The third kappa shape index (κ3) is 6.62. The van der Waals surface area contributed by atoms with Crippen molar-refractivity contribution < 1.29 is 15.3 Å². The third-order valence-corrected chi connectivity index (χ3v) is 4.85. The van der Waals surface area contributed by atoms with Crippen molar-refractivity contribution in [2.45, 2.75) is 78.1 Å². The summed E-state index contributed by atoms with van der Waals surface area (Å²) in [6.45, 7) is 9.91. The zero-order chi connectivity index (χ0) is 17.6. The molecule has 0 saturated carbocycles. The van der Waals surface area contributed by atoms with Crippen molar-refractivity contribution >= 4 is 0 Å². The van der Waals surface area contributed by atoms with Crippen molar-refractivity contribution in [3.8, 4) is 0 Å². The lowest BCUT2D eigenvalue weighted by atomic mass is 9.82. The topological polar surface area (TPSA) is 60.7 Å². The van der Waals surface area contributed by atoms with Crippen LogP contribution in [0.2, 0.25) is 0 Å². The van der Waals surface area contributed by atoms with E-state index in [-0.39, 0.29) is 11.8 Å². The van der Waals surface area contributed by atoms with E-state index in [0.29, 0.717) is 12.8 Å². The van der Waals surface area contributed by atoms with Gasteiger partial charge in [0.25, 0.3) is 0 Å². The smallest absolute Gasteiger partial charge is 0.0878 e. The number of hydrogen-bond acceptors (Lipinski definition) is 3. The maximum Gasteiger partial charge on any atom is 0.0878 e. The molecule has 0 bridgehead atoms. The predicted molar refractivity (Wildman–Crippen MR) is 96.1 cm³/mol. The van der Waals surface area contributed by atoms with E-state index in [9.17, 15) is 15.3 Å². The van der Waals surface area contributed by atoms with Gasteiger partial charge in [-0.3, -0.25) is 0 Å². The van der Waals surface area contributed by atoms with Gasteiger partial charge in [0.1, 0.15) is 0 Å². The van der Waals surface area contributed by atoms with Crippen LogP contribution >= 0.6 is 0 Å². The molecule has 0 saturated heterocycles. The molecule has 0 amide bonds. The average Bonchev–Trinajstić information content (AvgIpc) is 2.43. The number of rotatable bonds is 1. The Bertz CT molecular complexity index is 462. The van der Waals surface area contributed by atoms with Gasteiger partial charge in [-0.15, -0.1) is 0 Å². The van der Waals surface area contributed by atoms with Gasteiger partial charge in [-0.2, -0.15) is 0 Å². The highest BCUT2D eigenvalue weighted by molar-refractivity contribution is 5.14. The van der Waals surface area contributed by atoms with Gasteiger partial charge >= 0.3 is 0 Å². The molecule has 0 aliphatic heterocycles. The fourth-order valence-electron chi connectivity index (χ4n) is 2.90. The second kappa shape index (κ2) is 8.81. The number of aliphatic hydroxyl groups excluding tert-OH is 2. The van der Waals surface area contributed by atoms with Gasteiger partial charge in [0.15, 0.2) is 0 Å². The second-order valence-electron chi connectivity index (χ2n) is 7.51. The zero-order valence-electron chi connectivity index (χ0n) is 15.3. The molecule has 3 nitrogen and oxygen atoms in total. The molecule has 3 N–H and O–H groups in total. The monoisotopic (exact) mass is 322 g/mol. The summed E-state index contributed by atoms with van der Waals surface area (Å²) in [6, 6.07) is 0. The molecule has 23 heavy (non-hydrogen) atoms. The lowest BCUT2D eigenvalue weighted by Crippen LogP contribution is -2.37. The summed E-state index contributed by atoms with van der Waals surface area (Å²) < 4.78 is 0. The Morgan fingerprint density at radius 2 is 1.87 bits per heavy atom. The Kier molecular flexibility index (Phi) is 7.72. The normalized spacial score (nSPS) is 40.7. The van der Waals surface area contributed by atoms with Crippen LogP contribution in [0.3, 0.4) is 0 Å². The van der Waals surface area contributed by atoms with Crippen LogP contribution in [0, 0.1) is 11.8 Å². The zero-order valence-corrected chi connectivity index (χ0v) is 15.3. The Morgan fingerprint density at radius 3 is 2.48 bits per heavy atom. The van der Waals surface area contributed by atoms with Gasteiger partial charge in [0, 0.05) is 6.42 Å². The van der Waals surface area contributed by atoms with Gasteiger partial charge in [0.2, 0.25) is 0 Å². The molecule has 132 valence electrons. The van der Waals surface area contributed by atoms with E-state index in [1.54, 1.807) is 0 Å². The molecule has 1 aliphatic carbocycles. The fraction of sp³-hybridized carbons (Fsp3) is 0.700. The average molecular weight is 322 g/mol. The molecule has 0 fully saturated rings. The van der Waals surface area contributed by atoms with Crippen molar-refractivity contribution in [1.82, 2.24) is 0 Å². The summed E-state index contributed by atoms with van der Waals surface area (Å²) in [5, 5.41) is 31.5. The minimum atomic E-state index is -1.04. The van der Waals surface area contributed by atoms with Gasteiger partial charge in [-0.05, 0) is 50.5 Å². The Balaban J connectivity index is 3.09. The first-order valence-electron chi connectivity index (χ1n) is 8.76. The molecule has 0 unspecified atom stereocenters. The van der Waals surface area contributed by atoms with Crippen molar-refractivity contribution in [2.75, 3.05) is 0 Å². The van der Waals surface area contributed by atoms with Crippen molar-refractivity contribution in [2.24, 2.45) is 11.8 Å². The van der Waals surface area contributed by atoms with Crippen LogP contribution in [0.4, 0.5) is 0 Å². The highest BCUT2D eigenvalue weighted by Crippen LogP contribution is 2.28. The highest BCUT2D eigenvalue weighted by Gasteiger charge is 2.31. The Morgan fingerprint density at radius 1 is 1.22 bits per heavy atom. The van der Waals surface area contributed by atoms with E-state index in [0.717, 1.165) is 18.4 Å². The summed E-state index contributed by atoms with van der Waals surface area (Å²) in [4.78, 5) is 0. The third-order valence-electron chi connectivity index (χ3n) is 4.85. The molecule has 0 spiro atoms. The molecule has 3 heteroatoms. The maximum atomic E-state index is 10.9. The standard InChI is InChI=1S/C20H34O3/c1-14(2)20(23)10-9-16(4)12-18(21)11-15(3)7-6-8-17(5)19(22)13-20/h8-11,14,16,18-19,21-23H,6-7,12-13H2,1-5H3/b10-9+,15-11+,17-8+/t16-,18+,19-,20-/m1/s1. The molecule has 0 radical (unpaired) electrons. The van der Waals surface area contributed by atoms with Gasteiger partial charge in [-0.25, -0.2) is 0 Å². The van der Waals surface area contributed by atoms with E-state index in [1.165, 1.54) is 5.57 Å². The van der Waals surface area contributed by atoms with Crippen LogP contribution in [0.15, 0.2) is 35.5 Å². The quantitative estimate of drug-likeness (QED) is 0.644. The minimum absolute atomic E-state index is 0.00775. The Hall–Kier alpha value is -0.900. The van der Waals surface area contributed by atoms with Crippen LogP contribution in [0.1, 0.15) is 60.3 Å². The van der Waals surface area contributed by atoms with Crippen LogP contribution in [-0.2, 0) is 0 Å². The fourth-order valence-corrected chi connectivity index (χ4v) is 2.90. The first kappa shape index (κ1) is 20.1. The molecule has 0 heterocycles. The second-order valence-corrected chi connectivity index (χ2v) is 7.51. The summed E-state index contributed by atoms with van der Waals surface area (Å²) in [5.41, 5.74) is 1.03. The number of allylic oxidation sites excluding steroid dienone is 3. The predicted octanol–water partition coefficient (Wildman–Crippen LogP) is 3.75. The van der Waals surface area contributed by atoms with E-state index in [1.807, 2.05) is 58.9 Å². The van der Waals surface area contributed by atoms with Gasteiger partial charge in [0.05, 0.1) is 17.8 Å². The molecular formula is C20H34O3. The first-order valence-corrected chi connectivity index (χ1v) is 8.76. The van der Waals surface area contributed by atoms with Crippen molar-refractivity contribution in [1.29, 1.82) is 0 Å². The molecular weight excluding hydrogens is 288 g/mol. The first-order chi connectivity index (χ1) is 10.6. The lowest BCUT2D eigenvalue weighted by Gasteiger charge is -2.32. The van der Waals surface area contributed by atoms with E-state index < -0.39 is 17.8 Å². The van der Waals surface area contributed by atoms with E-state index in [2.05, 4.69) is 0 Å². The molecule has 0 aromatic rings. The molecule has 4 atom stereocenters. The SMILES string of the molecule is C/C1=C\[C@H](O)C[C@H](C)/C=C/[C@](O)(C(C)C)C[C@@H](O)/C(C)=C/CC1. The molecule has 0 aromatic heterocycles. The summed E-state index contributed by atoms with van der Waals surface area (Å²) in [5.74, 6) is 0.171. The highest BCUT2D eigenvalue weighted by atomic mass is 16.3. The van der Waals surface area contributed by atoms with Crippen LogP contribution in [-0.4, -0.2) is 33.1 Å². The van der Waals surface area contributed by atoms with Crippen LogP contribution in [0.5, 0.6) is 0 Å². The van der Waals surface area contributed by atoms with E-state index in [4.69, 9.17) is 0 Å². The molecule has 1 aliphatic rings. The van der Waals surface area contributed by atoms with Crippen molar-refractivity contribution in [3.05, 3.63) is 35.5 Å². The molecule has 0 aromatic carbocycles. The number of hydrogen-bond donors (Lipinski definition) is 3. The lowest BCUT2D eigenvalue weighted by molar-refractivity contribution is 0.00144. The summed E-state index contributed by atoms with van der Waals surface area (Å²) in [6.07, 6.45) is 9.28. The van der Waals surface area contributed by atoms with Crippen LogP contribution < -0.4 is 0 Å². The minimum Gasteiger partial charge on any atom is -0.389 e. The Labute approximate surface area is 141 Å². The number of aliphatic hydroxyl groups is 3. The van der Waals surface area contributed by atoms with E-state index >= 15 is 0 Å². The van der Waals surface area contributed by atoms with Gasteiger partial charge < -0.3 is 15.3 Å². The molecule has 1 rings (SSSR count). The van der Waals surface area contributed by atoms with Gasteiger partial charge in [-0.1, -0.05) is 50.6 Å². The summed E-state index contributed by atoms with van der Waals surface area (Å²) >= 11 is 0.